The molecule has 2 aliphatic rings. The molecule has 2 rings (SSSR count). The molecule has 25 heavy (non-hydrogen) atoms. The molecule has 1 aliphatic heterocycles. The molecule has 1 heterocycles. The molecular formula is C20H39N3O2. The zero-order valence-corrected chi connectivity index (χ0v) is 16.9. The first-order chi connectivity index (χ1) is 12.0. The monoisotopic (exact) mass is 353 g/mol. The predicted molar refractivity (Wildman–Crippen MR) is 103 cm³/mol. The van der Waals surface area contributed by atoms with Crippen molar-refractivity contribution in [3.05, 3.63) is 0 Å². The number of nitrogens with zero attached hydrogens (tertiary/aromatic N) is 3. The maximum atomic E-state index is 12.0. The van der Waals surface area contributed by atoms with Gasteiger partial charge >= 0.3 is 0 Å². The van der Waals surface area contributed by atoms with E-state index in [4.69, 9.17) is 4.74 Å². The highest BCUT2D eigenvalue weighted by atomic mass is 16.5. The van der Waals surface area contributed by atoms with Crippen molar-refractivity contribution in [1.29, 1.82) is 0 Å². The van der Waals surface area contributed by atoms with Crippen LogP contribution in [0.3, 0.4) is 0 Å². The van der Waals surface area contributed by atoms with Gasteiger partial charge in [-0.1, -0.05) is 27.2 Å². The lowest BCUT2D eigenvalue weighted by Gasteiger charge is -2.41. The molecule has 0 bridgehead atoms. The summed E-state index contributed by atoms with van der Waals surface area (Å²) in [5, 5.41) is 0. The molecule has 0 N–H and O–H groups in total. The van der Waals surface area contributed by atoms with Crippen molar-refractivity contribution >= 4 is 5.91 Å². The highest BCUT2D eigenvalue weighted by molar-refractivity contribution is 5.76. The van der Waals surface area contributed by atoms with Crippen molar-refractivity contribution in [1.82, 2.24) is 14.7 Å². The Balaban J connectivity index is 1.51. The third-order valence-corrected chi connectivity index (χ3v) is 5.60. The molecule has 0 aromatic heterocycles. The molecule has 0 spiro atoms. The fourth-order valence-electron chi connectivity index (χ4n) is 3.76. The van der Waals surface area contributed by atoms with Gasteiger partial charge in [0, 0.05) is 58.8 Å². The van der Waals surface area contributed by atoms with Crippen LogP contribution in [0.2, 0.25) is 0 Å². The van der Waals surface area contributed by atoms with Crippen molar-refractivity contribution in [3.8, 4) is 0 Å². The number of ether oxygens (including phenoxy) is 1. The summed E-state index contributed by atoms with van der Waals surface area (Å²) in [7, 11) is 1.95. The first kappa shape index (κ1) is 20.7. The minimum Gasteiger partial charge on any atom is -0.377 e. The van der Waals surface area contributed by atoms with Gasteiger partial charge in [0.1, 0.15) is 0 Å². The van der Waals surface area contributed by atoms with Crippen LogP contribution in [0.15, 0.2) is 0 Å². The standard InChI is InChI=1S/C20H39N3O2/c1-5-6-7-20(24)21(4)18-14-19(15-18)25-13-12-22-8-10-23(11-9-22)16-17(2)3/h17-19H,5-16H2,1-4H3/t18-,19-. The van der Waals surface area contributed by atoms with Gasteiger partial charge in [-0.05, 0) is 25.2 Å². The molecule has 0 radical (unpaired) electrons. The van der Waals surface area contributed by atoms with Gasteiger partial charge in [-0.3, -0.25) is 9.69 Å². The van der Waals surface area contributed by atoms with Gasteiger partial charge in [0.15, 0.2) is 0 Å². The summed E-state index contributed by atoms with van der Waals surface area (Å²) < 4.78 is 6.02. The zero-order valence-electron chi connectivity index (χ0n) is 16.9. The van der Waals surface area contributed by atoms with Gasteiger partial charge in [0.2, 0.25) is 5.91 Å². The van der Waals surface area contributed by atoms with Crippen LogP contribution in [-0.2, 0) is 9.53 Å². The zero-order chi connectivity index (χ0) is 18.2. The van der Waals surface area contributed by atoms with Gasteiger partial charge in [0.05, 0.1) is 12.7 Å². The minimum absolute atomic E-state index is 0.296. The van der Waals surface area contributed by atoms with Crippen LogP contribution in [0.5, 0.6) is 0 Å². The fraction of sp³-hybridized carbons (Fsp3) is 0.950. The molecule has 5 nitrogen and oxygen atoms in total. The third kappa shape index (κ3) is 6.87. The number of piperazine rings is 1. The van der Waals surface area contributed by atoms with Gasteiger partial charge in [-0.15, -0.1) is 0 Å². The van der Waals surface area contributed by atoms with E-state index < -0.39 is 0 Å². The van der Waals surface area contributed by atoms with Crippen LogP contribution < -0.4 is 0 Å². The molecule has 0 unspecified atom stereocenters. The van der Waals surface area contributed by atoms with E-state index in [0.717, 1.165) is 57.8 Å². The van der Waals surface area contributed by atoms with Crippen molar-refractivity contribution in [3.63, 3.8) is 0 Å². The Kier molecular flexibility index (Phi) is 8.67. The molecule has 1 amide bonds. The van der Waals surface area contributed by atoms with Gasteiger partial charge in [-0.25, -0.2) is 0 Å². The molecule has 0 atom stereocenters. The molecule has 146 valence electrons. The second kappa shape index (κ2) is 10.5. The maximum Gasteiger partial charge on any atom is 0.222 e. The van der Waals surface area contributed by atoms with Crippen molar-refractivity contribution in [2.45, 2.75) is 65.0 Å². The summed E-state index contributed by atoms with van der Waals surface area (Å²) in [6.07, 6.45) is 5.15. The minimum atomic E-state index is 0.296. The number of unbranched alkanes of at least 4 members (excludes halogenated alkanes) is 1. The number of carbonyl (C=O) groups is 1. The molecule has 0 aromatic carbocycles. The van der Waals surface area contributed by atoms with E-state index in [-0.39, 0.29) is 0 Å². The first-order valence-corrected chi connectivity index (χ1v) is 10.3. The number of amides is 1. The molecule has 0 aromatic rings. The van der Waals surface area contributed by atoms with Crippen LogP contribution in [0.25, 0.3) is 0 Å². The van der Waals surface area contributed by atoms with Gasteiger partial charge in [0.25, 0.3) is 0 Å². The summed E-state index contributed by atoms with van der Waals surface area (Å²) in [4.78, 5) is 19.1. The Morgan fingerprint density at radius 1 is 1.16 bits per heavy atom. The van der Waals surface area contributed by atoms with E-state index in [1.54, 1.807) is 0 Å². The van der Waals surface area contributed by atoms with Gasteiger partial charge in [-0.2, -0.15) is 0 Å². The third-order valence-electron chi connectivity index (χ3n) is 5.60. The molecule has 1 saturated heterocycles. The van der Waals surface area contributed by atoms with Crippen LogP contribution in [0.4, 0.5) is 0 Å². The van der Waals surface area contributed by atoms with Crippen LogP contribution in [0, 0.1) is 5.92 Å². The first-order valence-electron chi connectivity index (χ1n) is 10.3. The molecule has 1 saturated carbocycles. The molecule has 5 heteroatoms. The average molecular weight is 354 g/mol. The van der Waals surface area contributed by atoms with Crippen LogP contribution in [-0.4, -0.2) is 85.7 Å². The van der Waals surface area contributed by atoms with Crippen molar-refractivity contribution in [2.24, 2.45) is 5.92 Å². The Labute approximate surface area is 154 Å². The van der Waals surface area contributed by atoms with E-state index in [2.05, 4.69) is 30.6 Å². The van der Waals surface area contributed by atoms with E-state index in [0.29, 0.717) is 24.5 Å². The summed E-state index contributed by atoms with van der Waals surface area (Å²) in [5.74, 6) is 1.05. The van der Waals surface area contributed by atoms with E-state index in [1.165, 1.54) is 19.6 Å². The topological polar surface area (TPSA) is 36.0 Å². The quantitative estimate of drug-likeness (QED) is 0.604. The lowest BCUT2D eigenvalue weighted by Crippen LogP contribution is -2.50. The highest BCUT2D eigenvalue weighted by Gasteiger charge is 2.34. The lowest BCUT2D eigenvalue weighted by molar-refractivity contribution is -0.137. The van der Waals surface area contributed by atoms with Crippen LogP contribution >= 0.6 is 0 Å². The normalized spacial score (nSPS) is 25.2. The second-order valence-corrected chi connectivity index (χ2v) is 8.26. The predicted octanol–water partition coefficient (Wildman–Crippen LogP) is 2.46. The number of hydrogen-bond acceptors (Lipinski definition) is 4. The molecule has 1 aliphatic carbocycles. The van der Waals surface area contributed by atoms with E-state index >= 15 is 0 Å². The Bertz CT molecular complexity index is 388. The summed E-state index contributed by atoms with van der Waals surface area (Å²) in [5.41, 5.74) is 0. The molecule has 2 fully saturated rings. The number of carbonyl (C=O) groups excluding carboxylic acids is 1. The Morgan fingerprint density at radius 2 is 1.80 bits per heavy atom. The second-order valence-electron chi connectivity index (χ2n) is 8.26. The Hall–Kier alpha value is -0.650. The van der Waals surface area contributed by atoms with Gasteiger partial charge < -0.3 is 14.5 Å². The van der Waals surface area contributed by atoms with Crippen molar-refractivity contribution in [2.75, 3.05) is 52.9 Å². The van der Waals surface area contributed by atoms with Crippen molar-refractivity contribution < 1.29 is 9.53 Å². The largest absolute Gasteiger partial charge is 0.377 e. The van der Waals surface area contributed by atoms with E-state index in [1.807, 2.05) is 11.9 Å². The summed E-state index contributed by atoms with van der Waals surface area (Å²) >= 11 is 0. The SMILES string of the molecule is CCCCC(=O)N(C)[C@H]1C[C@H](OCCN2CCN(CC(C)C)CC2)C1. The summed E-state index contributed by atoms with van der Waals surface area (Å²) in [6.45, 7) is 14.5. The number of hydrogen-bond donors (Lipinski definition) is 0. The number of rotatable bonds is 10. The maximum absolute atomic E-state index is 12.0. The Morgan fingerprint density at radius 3 is 2.40 bits per heavy atom. The smallest absolute Gasteiger partial charge is 0.222 e. The summed E-state index contributed by atoms with van der Waals surface area (Å²) in [6, 6.07) is 0.397. The van der Waals surface area contributed by atoms with E-state index in [9.17, 15) is 4.79 Å². The average Bonchev–Trinajstić information content (AvgIpc) is 2.55. The molecular weight excluding hydrogens is 314 g/mol. The highest BCUT2D eigenvalue weighted by Crippen LogP contribution is 2.28. The van der Waals surface area contributed by atoms with Crippen LogP contribution in [0.1, 0.15) is 52.9 Å². The lowest BCUT2D eigenvalue weighted by atomic mass is 9.88. The fourth-order valence-corrected chi connectivity index (χ4v) is 3.76.